The summed E-state index contributed by atoms with van der Waals surface area (Å²) in [5.74, 6) is -0.151. The first-order chi connectivity index (χ1) is 8.20. The van der Waals surface area contributed by atoms with E-state index in [2.05, 4.69) is 0 Å². The van der Waals surface area contributed by atoms with Gasteiger partial charge in [-0.05, 0) is 25.1 Å². The molecule has 0 fully saturated rings. The maximum Gasteiger partial charge on any atom is 0.165 e. The highest BCUT2D eigenvalue weighted by atomic mass is 32.1. The van der Waals surface area contributed by atoms with Crippen molar-refractivity contribution in [2.75, 3.05) is 0 Å². The second-order valence-electron chi connectivity index (χ2n) is 3.57. The summed E-state index contributed by atoms with van der Waals surface area (Å²) in [4.78, 5) is 12.3. The van der Waals surface area contributed by atoms with E-state index in [1.807, 2.05) is 6.92 Å². The van der Waals surface area contributed by atoms with Gasteiger partial charge < -0.3 is 4.74 Å². The average molecular weight is 250 g/mol. The van der Waals surface area contributed by atoms with Crippen molar-refractivity contribution in [2.45, 2.75) is 13.5 Å². The number of thiophene rings is 1. The molecule has 0 unspecified atom stereocenters. The molecule has 0 aliphatic heterocycles. The summed E-state index contributed by atoms with van der Waals surface area (Å²) in [5.41, 5.74) is 0.917. The second-order valence-corrected chi connectivity index (χ2v) is 4.86. The molecule has 0 radical (unpaired) electrons. The van der Waals surface area contributed by atoms with Crippen molar-refractivity contribution in [3.63, 3.8) is 0 Å². The summed E-state index contributed by atoms with van der Waals surface area (Å²) in [6, 6.07) is 8.04. The number of ether oxygens (including phenoxy) is 1. The van der Waals surface area contributed by atoms with Crippen molar-refractivity contribution in [3.05, 3.63) is 51.5 Å². The van der Waals surface area contributed by atoms with Crippen LogP contribution in [0.1, 0.15) is 20.1 Å². The van der Waals surface area contributed by atoms with Crippen molar-refractivity contribution >= 4 is 17.6 Å². The Balaban J connectivity index is 2.09. The number of halogens is 1. The summed E-state index contributed by atoms with van der Waals surface area (Å²) in [6.07, 6.45) is 0.810. The van der Waals surface area contributed by atoms with Crippen LogP contribution in [0.25, 0.3) is 0 Å². The van der Waals surface area contributed by atoms with Crippen LogP contribution >= 0.6 is 11.3 Å². The van der Waals surface area contributed by atoms with E-state index in [0.29, 0.717) is 4.88 Å². The minimum atomic E-state index is -0.379. The van der Waals surface area contributed by atoms with Crippen molar-refractivity contribution in [2.24, 2.45) is 0 Å². The SMILES string of the molecule is Cc1sc(C=O)cc1COc1ccccc1F. The van der Waals surface area contributed by atoms with Crippen LogP contribution in [-0.4, -0.2) is 6.29 Å². The Morgan fingerprint density at radius 1 is 1.41 bits per heavy atom. The standard InChI is InChI=1S/C13H11FO2S/c1-9-10(6-11(7-15)17-9)8-16-13-5-3-2-4-12(13)14/h2-7H,8H2,1H3. The number of hydrogen-bond donors (Lipinski definition) is 0. The third-order valence-electron chi connectivity index (χ3n) is 2.38. The van der Waals surface area contributed by atoms with E-state index >= 15 is 0 Å². The van der Waals surface area contributed by atoms with E-state index in [1.54, 1.807) is 24.3 Å². The van der Waals surface area contributed by atoms with Gasteiger partial charge in [-0.1, -0.05) is 12.1 Å². The molecule has 4 heteroatoms. The molecule has 0 aliphatic rings. The van der Waals surface area contributed by atoms with Crippen molar-refractivity contribution < 1.29 is 13.9 Å². The molecule has 1 heterocycles. The van der Waals surface area contributed by atoms with Crippen LogP contribution in [0.3, 0.4) is 0 Å². The topological polar surface area (TPSA) is 26.3 Å². The Morgan fingerprint density at radius 2 is 2.18 bits per heavy atom. The van der Waals surface area contributed by atoms with Gasteiger partial charge >= 0.3 is 0 Å². The molecule has 2 aromatic rings. The van der Waals surface area contributed by atoms with E-state index in [1.165, 1.54) is 17.4 Å². The normalized spacial score (nSPS) is 10.2. The van der Waals surface area contributed by atoms with Gasteiger partial charge in [-0.2, -0.15) is 0 Å². The lowest BCUT2D eigenvalue weighted by Gasteiger charge is -2.06. The molecule has 1 aromatic heterocycles. The third-order valence-corrected chi connectivity index (χ3v) is 3.39. The van der Waals surface area contributed by atoms with Gasteiger partial charge in [0.2, 0.25) is 0 Å². The Hall–Kier alpha value is -1.68. The van der Waals surface area contributed by atoms with Crippen LogP contribution in [0.2, 0.25) is 0 Å². The molecule has 1 aromatic carbocycles. The lowest BCUT2D eigenvalue weighted by molar-refractivity contribution is 0.112. The monoisotopic (exact) mass is 250 g/mol. The van der Waals surface area contributed by atoms with Crippen LogP contribution in [-0.2, 0) is 6.61 Å². The first-order valence-corrected chi connectivity index (χ1v) is 5.94. The van der Waals surface area contributed by atoms with Crippen LogP contribution in [0, 0.1) is 12.7 Å². The first-order valence-electron chi connectivity index (χ1n) is 5.12. The molecule has 0 amide bonds. The fourth-order valence-corrected chi connectivity index (χ4v) is 2.32. The Morgan fingerprint density at radius 3 is 2.82 bits per heavy atom. The zero-order valence-corrected chi connectivity index (χ0v) is 10.1. The van der Waals surface area contributed by atoms with E-state index < -0.39 is 0 Å². The van der Waals surface area contributed by atoms with Gasteiger partial charge in [-0.25, -0.2) is 4.39 Å². The molecule has 2 nitrogen and oxygen atoms in total. The Kier molecular flexibility index (Phi) is 3.54. The van der Waals surface area contributed by atoms with Crippen molar-refractivity contribution in [3.8, 4) is 5.75 Å². The summed E-state index contributed by atoms with van der Waals surface area (Å²) in [7, 11) is 0. The number of aryl methyl sites for hydroxylation is 1. The average Bonchev–Trinajstić information content (AvgIpc) is 2.69. The highest BCUT2D eigenvalue weighted by Crippen LogP contribution is 2.23. The van der Waals surface area contributed by atoms with Gasteiger partial charge in [-0.3, -0.25) is 4.79 Å². The van der Waals surface area contributed by atoms with Gasteiger partial charge in [0.1, 0.15) is 6.61 Å². The maximum atomic E-state index is 13.3. The summed E-state index contributed by atoms with van der Waals surface area (Å²) >= 11 is 1.41. The molecule has 0 bridgehead atoms. The van der Waals surface area contributed by atoms with Crippen LogP contribution in [0.4, 0.5) is 4.39 Å². The van der Waals surface area contributed by atoms with Gasteiger partial charge in [-0.15, -0.1) is 11.3 Å². The molecule has 2 rings (SSSR count). The maximum absolute atomic E-state index is 13.3. The second kappa shape index (κ2) is 5.10. The van der Waals surface area contributed by atoms with E-state index in [9.17, 15) is 9.18 Å². The zero-order chi connectivity index (χ0) is 12.3. The van der Waals surface area contributed by atoms with E-state index in [-0.39, 0.29) is 18.2 Å². The molecule has 17 heavy (non-hydrogen) atoms. The number of benzene rings is 1. The molecule has 0 saturated carbocycles. The number of carbonyl (C=O) groups is 1. The molecule has 0 saturated heterocycles. The predicted molar refractivity (Wildman–Crippen MR) is 65.2 cm³/mol. The molecular weight excluding hydrogens is 239 g/mol. The quantitative estimate of drug-likeness (QED) is 0.775. The van der Waals surface area contributed by atoms with Crippen LogP contribution in [0.15, 0.2) is 30.3 Å². The number of hydrogen-bond acceptors (Lipinski definition) is 3. The molecule has 0 atom stereocenters. The number of aldehydes is 1. The van der Waals surface area contributed by atoms with Gasteiger partial charge in [0.05, 0.1) is 4.88 Å². The molecule has 0 N–H and O–H groups in total. The fraction of sp³-hybridized carbons (Fsp3) is 0.154. The fourth-order valence-electron chi connectivity index (χ4n) is 1.46. The number of para-hydroxylation sites is 1. The lowest BCUT2D eigenvalue weighted by atomic mass is 10.2. The Bertz CT molecular complexity index is 534. The summed E-state index contributed by atoms with van der Waals surface area (Å²) in [6.45, 7) is 2.19. The van der Waals surface area contributed by atoms with E-state index in [4.69, 9.17) is 4.74 Å². The lowest BCUT2D eigenvalue weighted by Crippen LogP contribution is -1.97. The molecule has 0 aliphatic carbocycles. The smallest absolute Gasteiger partial charge is 0.165 e. The first kappa shape index (κ1) is 11.8. The highest BCUT2D eigenvalue weighted by molar-refractivity contribution is 7.13. The molecule has 0 spiro atoms. The number of rotatable bonds is 4. The summed E-state index contributed by atoms with van der Waals surface area (Å²) in [5, 5.41) is 0. The summed E-state index contributed by atoms with van der Waals surface area (Å²) < 4.78 is 18.7. The zero-order valence-electron chi connectivity index (χ0n) is 9.27. The molecular formula is C13H11FO2S. The van der Waals surface area contributed by atoms with Crippen LogP contribution < -0.4 is 4.74 Å². The van der Waals surface area contributed by atoms with E-state index in [0.717, 1.165) is 16.7 Å². The predicted octanol–water partition coefficient (Wildman–Crippen LogP) is 3.59. The largest absolute Gasteiger partial charge is 0.486 e. The Labute approximate surface area is 103 Å². The van der Waals surface area contributed by atoms with Crippen molar-refractivity contribution in [1.82, 2.24) is 0 Å². The highest BCUT2D eigenvalue weighted by Gasteiger charge is 2.07. The van der Waals surface area contributed by atoms with Gasteiger partial charge in [0, 0.05) is 10.4 Å². The van der Waals surface area contributed by atoms with Crippen LogP contribution in [0.5, 0.6) is 5.75 Å². The minimum absolute atomic E-state index is 0.228. The third kappa shape index (κ3) is 2.71. The van der Waals surface area contributed by atoms with Crippen molar-refractivity contribution in [1.29, 1.82) is 0 Å². The minimum Gasteiger partial charge on any atom is -0.486 e. The van der Waals surface area contributed by atoms with Gasteiger partial charge in [0.15, 0.2) is 17.9 Å². The number of carbonyl (C=O) groups excluding carboxylic acids is 1. The van der Waals surface area contributed by atoms with Gasteiger partial charge in [0.25, 0.3) is 0 Å². The molecule has 88 valence electrons.